The molecule has 98 valence electrons. The van der Waals surface area contributed by atoms with Gasteiger partial charge >= 0.3 is 0 Å². The fraction of sp³-hybridized carbons (Fsp3) is 0.500. The minimum Gasteiger partial charge on any atom is -0.370 e. The monoisotopic (exact) mass is 264 g/mol. The second-order valence-electron chi connectivity index (χ2n) is 4.95. The molecule has 1 aromatic carbocycles. The van der Waals surface area contributed by atoms with E-state index in [1.54, 1.807) is 0 Å². The molecule has 1 aromatic rings. The molecule has 1 amide bonds. The Morgan fingerprint density at radius 3 is 2.94 bits per heavy atom. The summed E-state index contributed by atoms with van der Waals surface area (Å²) in [6.07, 6.45) is 1.83. The van der Waals surface area contributed by atoms with E-state index in [0.29, 0.717) is 0 Å². The van der Waals surface area contributed by atoms with Gasteiger partial charge in [0.2, 0.25) is 5.91 Å². The maximum absolute atomic E-state index is 11.9. The lowest BCUT2D eigenvalue weighted by Crippen LogP contribution is -2.58. The number of benzene rings is 1. The highest BCUT2D eigenvalue weighted by molar-refractivity contribution is 8.00. The van der Waals surface area contributed by atoms with Gasteiger partial charge in [-0.1, -0.05) is 19.1 Å². The van der Waals surface area contributed by atoms with Crippen LogP contribution in [0.1, 0.15) is 25.3 Å². The SMILES string of the molecule is Cc1cccc(NC2(C(N)=O)CCCSC2C)c1. The molecule has 0 bridgehead atoms. The van der Waals surface area contributed by atoms with Crippen LogP contribution in [-0.2, 0) is 4.79 Å². The zero-order chi connectivity index (χ0) is 13.2. The summed E-state index contributed by atoms with van der Waals surface area (Å²) >= 11 is 1.81. The van der Waals surface area contributed by atoms with Gasteiger partial charge in [-0.15, -0.1) is 0 Å². The number of aryl methyl sites for hydroxylation is 1. The van der Waals surface area contributed by atoms with E-state index in [-0.39, 0.29) is 11.2 Å². The molecule has 0 aromatic heterocycles. The maximum Gasteiger partial charge on any atom is 0.244 e. The van der Waals surface area contributed by atoms with Crippen LogP contribution in [0.15, 0.2) is 24.3 Å². The van der Waals surface area contributed by atoms with Gasteiger partial charge in [-0.25, -0.2) is 0 Å². The molecule has 3 nitrogen and oxygen atoms in total. The van der Waals surface area contributed by atoms with Crippen molar-refractivity contribution >= 4 is 23.4 Å². The number of rotatable bonds is 3. The number of anilines is 1. The van der Waals surface area contributed by atoms with Crippen LogP contribution >= 0.6 is 11.8 Å². The smallest absolute Gasteiger partial charge is 0.244 e. The molecule has 4 heteroatoms. The quantitative estimate of drug-likeness (QED) is 0.882. The molecule has 1 saturated heterocycles. The van der Waals surface area contributed by atoms with Crippen LogP contribution in [0.2, 0.25) is 0 Å². The first-order valence-electron chi connectivity index (χ1n) is 6.31. The second-order valence-corrected chi connectivity index (χ2v) is 6.40. The minimum absolute atomic E-state index is 0.198. The largest absolute Gasteiger partial charge is 0.370 e. The van der Waals surface area contributed by atoms with E-state index >= 15 is 0 Å². The van der Waals surface area contributed by atoms with Crippen LogP contribution in [0, 0.1) is 6.92 Å². The van der Waals surface area contributed by atoms with Gasteiger partial charge in [-0.3, -0.25) is 4.79 Å². The average molecular weight is 264 g/mol. The van der Waals surface area contributed by atoms with Gasteiger partial charge in [-0.2, -0.15) is 11.8 Å². The van der Waals surface area contributed by atoms with E-state index in [9.17, 15) is 4.79 Å². The van der Waals surface area contributed by atoms with Gasteiger partial charge in [0.25, 0.3) is 0 Å². The van der Waals surface area contributed by atoms with E-state index < -0.39 is 5.54 Å². The molecule has 2 atom stereocenters. The third-order valence-corrected chi connectivity index (χ3v) is 5.03. The highest BCUT2D eigenvalue weighted by Crippen LogP contribution is 2.36. The van der Waals surface area contributed by atoms with Crippen LogP contribution in [0.3, 0.4) is 0 Å². The van der Waals surface area contributed by atoms with Gasteiger partial charge in [0.15, 0.2) is 0 Å². The number of hydrogen-bond donors (Lipinski definition) is 2. The van der Waals surface area contributed by atoms with Gasteiger partial charge in [-0.05, 0) is 43.2 Å². The average Bonchev–Trinajstić information content (AvgIpc) is 2.32. The third kappa shape index (κ3) is 2.48. The van der Waals surface area contributed by atoms with Crippen LogP contribution in [0.4, 0.5) is 5.69 Å². The van der Waals surface area contributed by atoms with Crippen LogP contribution in [0.25, 0.3) is 0 Å². The molecule has 2 unspecified atom stereocenters. The van der Waals surface area contributed by atoms with Crippen molar-refractivity contribution in [3.8, 4) is 0 Å². The Bertz CT molecular complexity index is 449. The predicted octanol–water partition coefficient (Wildman–Crippen LogP) is 2.55. The van der Waals surface area contributed by atoms with E-state index in [1.807, 2.05) is 36.9 Å². The van der Waals surface area contributed by atoms with Crippen molar-refractivity contribution < 1.29 is 4.79 Å². The summed E-state index contributed by atoms with van der Waals surface area (Å²) in [7, 11) is 0. The molecule has 18 heavy (non-hydrogen) atoms. The molecule has 0 saturated carbocycles. The third-order valence-electron chi connectivity index (χ3n) is 3.60. The number of thioether (sulfide) groups is 1. The number of amides is 1. The summed E-state index contributed by atoms with van der Waals surface area (Å²) in [6.45, 7) is 4.12. The molecule has 1 fully saturated rings. The summed E-state index contributed by atoms with van der Waals surface area (Å²) in [6, 6.07) is 8.08. The lowest BCUT2D eigenvalue weighted by atomic mass is 9.88. The Morgan fingerprint density at radius 2 is 2.33 bits per heavy atom. The molecule has 1 aliphatic heterocycles. The predicted molar refractivity (Wildman–Crippen MR) is 77.9 cm³/mol. The number of primary amides is 1. The fourth-order valence-electron chi connectivity index (χ4n) is 2.49. The van der Waals surface area contributed by atoms with Crippen molar-refractivity contribution in [1.82, 2.24) is 0 Å². The highest BCUT2D eigenvalue weighted by Gasteiger charge is 2.44. The van der Waals surface area contributed by atoms with Crippen LogP contribution in [0.5, 0.6) is 0 Å². The van der Waals surface area contributed by atoms with Gasteiger partial charge < -0.3 is 11.1 Å². The molecule has 0 aliphatic carbocycles. The maximum atomic E-state index is 11.9. The Hall–Kier alpha value is -1.16. The zero-order valence-electron chi connectivity index (χ0n) is 10.9. The van der Waals surface area contributed by atoms with E-state index in [1.165, 1.54) is 5.56 Å². The van der Waals surface area contributed by atoms with Gasteiger partial charge in [0.1, 0.15) is 5.54 Å². The highest BCUT2D eigenvalue weighted by atomic mass is 32.2. The number of nitrogens with two attached hydrogens (primary N) is 1. The van der Waals surface area contributed by atoms with Crippen molar-refractivity contribution in [2.24, 2.45) is 5.73 Å². The molecule has 0 radical (unpaired) electrons. The number of nitrogens with one attached hydrogen (secondary N) is 1. The molecule has 1 aliphatic rings. The topological polar surface area (TPSA) is 55.1 Å². The van der Waals surface area contributed by atoms with E-state index in [0.717, 1.165) is 24.3 Å². The number of carbonyl (C=O) groups excluding carboxylic acids is 1. The van der Waals surface area contributed by atoms with Crippen molar-refractivity contribution in [3.05, 3.63) is 29.8 Å². The first-order chi connectivity index (χ1) is 8.54. The second kappa shape index (κ2) is 5.22. The molecular formula is C14H20N2OS. The zero-order valence-corrected chi connectivity index (χ0v) is 11.7. The Balaban J connectivity index is 2.28. The molecule has 0 spiro atoms. The fourth-order valence-corrected chi connectivity index (χ4v) is 3.73. The van der Waals surface area contributed by atoms with Crippen molar-refractivity contribution in [1.29, 1.82) is 0 Å². The molecular weight excluding hydrogens is 244 g/mol. The summed E-state index contributed by atoms with van der Waals surface area (Å²) in [5.41, 5.74) is 7.20. The van der Waals surface area contributed by atoms with Crippen molar-refractivity contribution in [3.63, 3.8) is 0 Å². The van der Waals surface area contributed by atoms with Gasteiger partial charge in [0.05, 0.1) is 0 Å². The molecule has 2 rings (SSSR count). The number of hydrogen-bond acceptors (Lipinski definition) is 3. The summed E-state index contributed by atoms with van der Waals surface area (Å²) in [5, 5.41) is 3.59. The first kappa shape index (κ1) is 13.3. The van der Waals surface area contributed by atoms with E-state index in [2.05, 4.69) is 18.3 Å². The van der Waals surface area contributed by atoms with Crippen LogP contribution in [-0.4, -0.2) is 22.4 Å². The van der Waals surface area contributed by atoms with Crippen LogP contribution < -0.4 is 11.1 Å². The Labute approximate surface area is 113 Å². The molecule has 1 heterocycles. The molecule has 3 N–H and O–H groups in total. The van der Waals surface area contributed by atoms with Crippen molar-refractivity contribution in [2.75, 3.05) is 11.1 Å². The van der Waals surface area contributed by atoms with E-state index in [4.69, 9.17) is 5.73 Å². The Morgan fingerprint density at radius 1 is 1.56 bits per heavy atom. The lowest BCUT2D eigenvalue weighted by Gasteiger charge is -2.41. The van der Waals surface area contributed by atoms with Crippen molar-refractivity contribution in [2.45, 2.75) is 37.5 Å². The summed E-state index contributed by atoms with van der Waals surface area (Å²) in [5.74, 6) is 0.856. The van der Waals surface area contributed by atoms with Gasteiger partial charge in [0, 0.05) is 10.9 Å². The lowest BCUT2D eigenvalue weighted by molar-refractivity contribution is -0.122. The first-order valence-corrected chi connectivity index (χ1v) is 7.36. The number of carbonyl (C=O) groups is 1. The summed E-state index contributed by atoms with van der Waals surface area (Å²) in [4.78, 5) is 11.9. The Kier molecular flexibility index (Phi) is 3.85. The normalized spacial score (nSPS) is 27.8. The minimum atomic E-state index is -0.614. The summed E-state index contributed by atoms with van der Waals surface area (Å²) < 4.78 is 0. The standard InChI is InChI=1S/C14H20N2OS/c1-10-5-3-6-12(9-10)16-14(13(15)17)7-4-8-18-11(14)2/h3,5-6,9,11,16H,4,7-8H2,1-2H3,(H2,15,17).